The van der Waals surface area contributed by atoms with Gasteiger partial charge in [0.2, 0.25) is 35.4 Å². The van der Waals surface area contributed by atoms with Gasteiger partial charge in [0, 0.05) is 36.3 Å². The zero-order valence-corrected chi connectivity index (χ0v) is 46.3. The molecule has 2 aliphatic heterocycles. The number of likely N-dealkylation sites (N-methyl/N-ethyl adjacent to an activating group) is 2. The molecule has 10 atom stereocenters. The third-order valence-electron chi connectivity index (χ3n) is 15.7. The van der Waals surface area contributed by atoms with Crippen molar-refractivity contribution >= 4 is 47.3 Å². The van der Waals surface area contributed by atoms with Crippen LogP contribution in [0.1, 0.15) is 149 Å². The van der Waals surface area contributed by atoms with Crippen LogP contribution < -0.4 is 42.5 Å². The Morgan fingerprint density at radius 2 is 0.935 bits per heavy atom. The maximum Gasteiger partial charge on any atom is 0.251 e. The fourth-order valence-corrected chi connectivity index (χ4v) is 11.0. The lowest BCUT2D eigenvalue weighted by atomic mass is 9.85. The predicted molar refractivity (Wildman–Crippen MR) is 291 cm³/mol. The summed E-state index contributed by atoms with van der Waals surface area (Å²) < 4.78 is 0. The molecule has 416 valence electrons. The molecule has 0 bridgehead atoms. The Bertz CT molecular complexity index is 2540. The fraction of sp³-hybridized carbons (Fsp3) is 0.552. The third-order valence-corrected chi connectivity index (χ3v) is 15.7. The van der Waals surface area contributed by atoms with Crippen LogP contribution in [0.15, 0.2) is 66.7 Å². The van der Waals surface area contributed by atoms with Crippen molar-refractivity contribution < 1.29 is 43.5 Å². The van der Waals surface area contributed by atoms with Gasteiger partial charge in [-0.1, -0.05) is 90.1 Å². The predicted octanol–water partition coefficient (Wildman–Crippen LogP) is 3.46. The topological polar surface area (TPSA) is 260 Å². The van der Waals surface area contributed by atoms with Crippen molar-refractivity contribution in [3.05, 3.63) is 100 Å². The van der Waals surface area contributed by atoms with Crippen LogP contribution in [0.25, 0.3) is 0 Å². The number of benzene rings is 3. The van der Waals surface area contributed by atoms with Crippen molar-refractivity contribution in [3.63, 3.8) is 0 Å². The Balaban J connectivity index is 1.10. The molecule has 0 spiro atoms. The monoisotopic (exact) mass is 1060 g/mol. The van der Waals surface area contributed by atoms with Crippen LogP contribution >= 0.6 is 0 Å². The largest absolute Gasteiger partial charge is 0.508 e. The van der Waals surface area contributed by atoms with Crippen molar-refractivity contribution in [1.82, 2.24) is 52.3 Å². The number of aryl methyl sites for hydroxylation is 2. The van der Waals surface area contributed by atoms with E-state index in [-0.39, 0.29) is 54.9 Å². The van der Waals surface area contributed by atoms with Crippen molar-refractivity contribution in [2.75, 3.05) is 27.2 Å². The molecule has 0 unspecified atom stereocenters. The Hall–Kier alpha value is -6.86. The van der Waals surface area contributed by atoms with E-state index in [0.29, 0.717) is 12.8 Å². The highest BCUT2D eigenvalue weighted by molar-refractivity contribution is 6.01. The molecule has 2 saturated heterocycles. The normalized spacial score (nSPS) is 22.7. The number of hydrogen-bond acceptors (Lipinski definition) is 11. The molecule has 9 N–H and O–H groups in total. The molecule has 2 fully saturated rings. The molecule has 3 aromatic rings. The number of nitrogens with zero attached hydrogens (tertiary/aromatic N) is 2. The Morgan fingerprint density at radius 3 is 1.30 bits per heavy atom. The van der Waals surface area contributed by atoms with E-state index in [4.69, 9.17) is 0 Å². The van der Waals surface area contributed by atoms with Gasteiger partial charge in [-0.05, 0) is 131 Å². The number of aromatic hydroxyl groups is 1. The number of amides is 8. The molecule has 0 saturated carbocycles. The first-order valence-electron chi connectivity index (χ1n) is 27.2. The van der Waals surface area contributed by atoms with Crippen LogP contribution in [0.4, 0.5) is 0 Å². The average molecular weight is 1060 g/mol. The van der Waals surface area contributed by atoms with Crippen molar-refractivity contribution in [3.8, 4) is 5.75 Å². The molecule has 19 heteroatoms. The third kappa shape index (κ3) is 13.6. The highest BCUT2D eigenvalue weighted by Crippen LogP contribution is 2.34. The molecule has 3 aromatic carbocycles. The van der Waals surface area contributed by atoms with Crippen LogP contribution in [0.3, 0.4) is 0 Å². The van der Waals surface area contributed by atoms with E-state index in [1.54, 1.807) is 27.9 Å². The zero-order valence-electron chi connectivity index (χ0n) is 46.3. The molecule has 0 aromatic heterocycles. The van der Waals surface area contributed by atoms with Gasteiger partial charge in [0.1, 0.15) is 29.9 Å². The quantitative estimate of drug-likeness (QED) is 0.100. The van der Waals surface area contributed by atoms with Gasteiger partial charge in [-0.3, -0.25) is 38.4 Å². The maximum absolute atomic E-state index is 14.7. The molecule has 77 heavy (non-hydrogen) atoms. The molecule has 19 nitrogen and oxygen atoms in total. The highest BCUT2D eigenvalue weighted by atomic mass is 16.3. The summed E-state index contributed by atoms with van der Waals surface area (Å²) in [6, 6.07) is 12.2. The molecular formula is C58H80N10O9. The fourth-order valence-electron chi connectivity index (χ4n) is 11.0. The number of carbonyl (C=O) groups is 8. The minimum Gasteiger partial charge on any atom is -0.508 e. The van der Waals surface area contributed by atoms with Gasteiger partial charge in [0.15, 0.2) is 0 Å². The summed E-state index contributed by atoms with van der Waals surface area (Å²) >= 11 is 0. The number of hydrogen-bond donors (Lipinski definition) is 9. The number of phenolic OH excluding ortho intramolecular Hbond substituents is 1. The summed E-state index contributed by atoms with van der Waals surface area (Å²) in [5.74, 6) is -4.31. The molecule has 2 heterocycles. The lowest BCUT2D eigenvalue weighted by molar-refractivity contribution is -0.144. The van der Waals surface area contributed by atoms with Crippen LogP contribution in [-0.4, -0.2) is 138 Å². The lowest BCUT2D eigenvalue weighted by Gasteiger charge is -2.36. The second-order valence-electron chi connectivity index (χ2n) is 23.5. The Morgan fingerprint density at radius 1 is 0.558 bits per heavy atom. The van der Waals surface area contributed by atoms with Crippen molar-refractivity contribution in [1.29, 1.82) is 0 Å². The van der Waals surface area contributed by atoms with E-state index in [1.807, 2.05) is 90.1 Å². The first-order chi connectivity index (χ1) is 36.4. The summed E-state index contributed by atoms with van der Waals surface area (Å²) in [6.45, 7) is 14.1. The summed E-state index contributed by atoms with van der Waals surface area (Å²) in [7, 11) is 3.28. The van der Waals surface area contributed by atoms with Crippen LogP contribution in [0.5, 0.6) is 5.75 Å². The van der Waals surface area contributed by atoms with Gasteiger partial charge in [-0.15, -0.1) is 0 Å². The highest BCUT2D eigenvalue weighted by Gasteiger charge is 2.48. The second kappa shape index (κ2) is 24.2. The molecule has 0 radical (unpaired) electrons. The standard InChI is InChI=1S/C58H80N10O9/c1-32(59-9)49(70)65-47(57(3,4)5)55(76)67-30-38(28-45(67)53(74)63-43-23-15-19-34-17-11-13-21-41(34)43)61-51(72)36-25-37(27-40(69)26-36)52(73)62-39-29-46(54(75)64-44-24-16-20-35-18-12-14-22-42(35)44)68(31-39)56(77)48(58(6,7)8)66-50(71)33(2)60-10/h11-14,17-18,21-22,25-27,32-33,38-39,43-48,59-60,69H,15-16,19-20,23-24,28-31H2,1-10H3,(H,61,72)(H,62,73)(H,63,74)(H,64,75)(H,65,70)(H,66,71)/t32-,33-,38-,39-,43+,44+,45-,46-,47+,48+/m0/s1. The number of likely N-dealkylation sites (tertiary alicyclic amines) is 2. The van der Waals surface area contributed by atoms with E-state index in [1.165, 1.54) is 28.0 Å². The van der Waals surface area contributed by atoms with Crippen LogP contribution in [-0.2, 0) is 41.6 Å². The number of carbonyl (C=O) groups excluding carboxylic acids is 8. The summed E-state index contributed by atoms with van der Waals surface area (Å²) in [5, 5.41) is 34.9. The minimum atomic E-state index is -1.03. The van der Waals surface area contributed by atoms with E-state index in [2.05, 4.69) is 42.5 Å². The SMILES string of the molecule is CN[C@@H](C)C(=O)N[C@H](C(=O)N1C[C@@H](NC(=O)c2cc(O)cc(C(=O)N[C@H]3C[C@@H](C(=O)N[C@@H]4CCCc5ccccc54)N(C(=O)[C@@H](NC(=O)[C@H](C)NC)C(C)(C)C)C3)c2)C[C@H]1C(=O)N[C@@H]1CCCc2ccccc21)C(C)(C)C. The van der Waals surface area contributed by atoms with Gasteiger partial charge in [0.05, 0.1) is 24.2 Å². The molecular weight excluding hydrogens is 981 g/mol. The number of nitrogens with one attached hydrogen (secondary N) is 8. The Kier molecular flexibility index (Phi) is 18.2. The Labute approximate surface area is 452 Å². The van der Waals surface area contributed by atoms with Gasteiger partial charge < -0.3 is 57.4 Å². The van der Waals surface area contributed by atoms with E-state index < -0.39 is 106 Å². The van der Waals surface area contributed by atoms with Gasteiger partial charge in [0.25, 0.3) is 11.8 Å². The molecule has 2 aliphatic carbocycles. The summed E-state index contributed by atoms with van der Waals surface area (Å²) in [5.41, 5.74) is 2.60. The summed E-state index contributed by atoms with van der Waals surface area (Å²) in [4.78, 5) is 116. The maximum atomic E-state index is 14.7. The molecule has 7 rings (SSSR count). The van der Waals surface area contributed by atoms with Crippen molar-refractivity contribution in [2.24, 2.45) is 10.8 Å². The van der Waals surface area contributed by atoms with Gasteiger partial charge in [-0.25, -0.2) is 0 Å². The van der Waals surface area contributed by atoms with Crippen LogP contribution in [0.2, 0.25) is 0 Å². The van der Waals surface area contributed by atoms with Gasteiger partial charge >= 0.3 is 0 Å². The second-order valence-corrected chi connectivity index (χ2v) is 23.5. The average Bonchev–Trinajstić information content (AvgIpc) is 4.06. The number of rotatable bonds is 16. The van der Waals surface area contributed by atoms with Crippen LogP contribution in [0, 0.1) is 10.8 Å². The smallest absolute Gasteiger partial charge is 0.251 e. The minimum absolute atomic E-state index is 0.0364. The molecule has 8 amide bonds. The molecule has 4 aliphatic rings. The number of phenols is 1. The van der Waals surface area contributed by atoms with E-state index in [0.717, 1.165) is 47.9 Å². The van der Waals surface area contributed by atoms with E-state index >= 15 is 0 Å². The zero-order chi connectivity index (χ0) is 56.1. The summed E-state index contributed by atoms with van der Waals surface area (Å²) in [6.07, 6.45) is 4.97. The van der Waals surface area contributed by atoms with E-state index in [9.17, 15) is 43.5 Å². The lowest BCUT2D eigenvalue weighted by Crippen LogP contribution is -2.59. The number of fused-ring (bicyclic) bond motifs is 2. The first-order valence-corrected chi connectivity index (χ1v) is 27.2. The van der Waals surface area contributed by atoms with Crippen molar-refractivity contribution in [2.45, 2.75) is 167 Å². The van der Waals surface area contributed by atoms with Gasteiger partial charge in [-0.2, -0.15) is 0 Å². The first kappa shape index (κ1) is 57.8.